The first-order valence-corrected chi connectivity index (χ1v) is 7.73. The molecule has 1 saturated heterocycles. The number of ether oxygens (including phenoxy) is 1. The molecular weight excluding hydrogens is 266 g/mol. The van der Waals surface area contributed by atoms with Gasteiger partial charge in [-0.2, -0.15) is 4.98 Å². The Bertz CT molecular complexity index is 630. The summed E-state index contributed by atoms with van der Waals surface area (Å²) in [5.74, 6) is 2.36. The van der Waals surface area contributed by atoms with Crippen molar-refractivity contribution >= 4 is 0 Å². The molecule has 0 spiro atoms. The van der Waals surface area contributed by atoms with Crippen molar-refractivity contribution in [2.24, 2.45) is 0 Å². The summed E-state index contributed by atoms with van der Waals surface area (Å²) in [5, 5.41) is 7.67. The van der Waals surface area contributed by atoms with Crippen molar-refractivity contribution in [1.29, 1.82) is 0 Å². The maximum Gasteiger partial charge on any atom is 0.257 e. The Morgan fingerprint density at radius 2 is 2.19 bits per heavy atom. The minimum Gasteiger partial charge on any atom is -0.493 e. The van der Waals surface area contributed by atoms with Crippen molar-refractivity contribution in [2.75, 3.05) is 13.2 Å². The number of hydrogen-bond donors (Lipinski definition) is 1. The van der Waals surface area contributed by atoms with Gasteiger partial charge in [0.25, 0.3) is 5.89 Å². The standard InChI is InChI=1S/C16H19N3O2/c1-2-4-13(17-8-3-1)15-18-16(21-19-15)12-5-6-14-11(10-12)7-9-20-14/h5-6,10,13,17H,1-4,7-9H2. The molecule has 1 fully saturated rings. The number of nitrogens with zero attached hydrogens (tertiary/aromatic N) is 2. The van der Waals surface area contributed by atoms with Crippen LogP contribution < -0.4 is 10.1 Å². The number of hydrogen-bond acceptors (Lipinski definition) is 5. The van der Waals surface area contributed by atoms with Gasteiger partial charge in [-0.05, 0) is 43.1 Å². The van der Waals surface area contributed by atoms with Crippen molar-refractivity contribution in [3.63, 3.8) is 0 Å². The van der Waals surface area contributed by atoms with Gasteiger partial charge in [-0.25, -0.2) is 0 Å². The summed E-state index contributed by atoms with van der Waals surface area (Å²) in [6.07, 6.45) is 5.76. The summed E-state index contributed by atoms with van der Waals surface area (Å²) in [4.78, 5) is 4.59. The van der Waals surface area contributed by atoms with Crippen molar-refractivity contribution in [2.45, 2.75) is 38.1 Å². The lowest BCUT2D eigenvalue weighted by Gasteiger charge is -2.09. The molecule has 21 heavy (non-hydrogen) atoms. The van der Waals surface area contributed by atoms with E-state index in [0.29, 0.717) is 5.89 Å². The number of rotatable bonds is 2. The fraction of sp³-hybridized carbons (Fsp3) is 0.500. The Morgan fingerprint density at radius 1 is 1.19 bits per heavy atom. The molecule has 2 aliphatic rings. The zero-order valence-corrected chi connectivity index (χ0v) is 12.0. The lowest BCUT2D eigenvalue weighted by atomic mass is 10.1. The largest absolute Gasteiger partial charge is 0.493 e. The van der Waals surface area contributed by atoms with E-state index in [9.17, 15) is 0 Å². The van der Waals surface area contributed by atoms with E-state index in [1.807, 2.05) is 12.1 Å². The van der Waals surface area contributed by atoms with E-state index in [1.165, 1.54) is 24.8 Å². The Balaban J connectivity index is 1.59. The fourth-order valence-corrected chi connectivity index (χ4v) is 3.06. The van der Waals surface area contributed by atoms with Gasteiger partial charge in [-0.1, -0.05) is 18.0 Å². The number of benzene rings is 1. The third-order valence-corrected chi connectivity index (χ3v) is 4.25. The van der Waals surface area contributed by atoms with Crippen LogP contribution >= 0.6 is 0 Å². The maximum absolute atomic E-state index is 5.53. The molecule has 0 saturated carbocycles. The van der Waals surface area contributed by atoms with E-state index in [-0.39, 0.29) is 6.04 Å². The molecule has 110 valence electrons. The molecule has 1 atom stereocenters. The highest BCUT2D eigenvalue weighted by molar-refractivity contribution is 5.58. The van der Waals surface area contributed by atoms with E-state index < -0.39 is 0 Å². The Morgan fingerprint density at radius 3 is 3.19 bits per heavy atom. The normalized spacial score (nSPS) is 21.6. The predicted molar refractivity (Wildman–Crippen MR) is 78.1 cm³/mol. The predicted octanol–water partition coefficient (Wildman–Crippen LogP) is 2.88. The first kappa shape index (κ1) is 12.8. The first-order valence-electron chi connectivity index (χ1n) is 7.73. The zero-order valence-electron chi connectivity index (χ0n) is 12.0. The van der Waals surface area contributed by atoms with Crippen LogP contribution in [0.5, 0.6) is 5.75 Å². The van der Waals surface area contributed by atoms with Gasteiger partial charge in [0.1, 0.15) is 5.75 Å². The van der Waals surface area contributed by atoms with Crippen LogP contribution in [0.4, 0.5) is 0 Å². The van der Waals surface area contributed by atoms with Crippen LogP contribution in [0.3, 0.4) is 0 Å². The van der Waals surface area contributed by atoms with Gasteiger partial charge in [0, 0.05) is 12.0 Å². The summed E-state index contributed by atoms with van der Waals surface area (Å²) in [7, 11) is 0. The molecule has 4 rings (SSSR count). The lowest BCUT2D eigenvalue weighted by Crippen LogP contribution is -2.21. The summed E-state index contributed by atoms with van der Waals surface area (Å²) >= 11 is 0. The molecular formula is C16H19N3O2. The average molecular weight is 285 g/mol. The van der Waals surface area contributed by atoms with Gasteiger partial charge in [-0.15, -0.1) is 0 Å². The van der Waals surface area contributed by atoms with E-state index >= 15 is 0 Å². The molecule has 2 aromatic rings. The molecule has 1 N–H and O–H groups in total. The molecule has 5 nitrogen and oxygen atoms in total. The fourth-order valence-electron chi connectivity index (χ4n) is 3.06. The van der Waals surface area contributed by atoms with E-state index in [4.69, 9.17) is 9.26 Å². The summed E-state index contributed by atoms with van der Waals surface area (Å²) in [6, 6.07) is 6.30. The van der Waals surface area contributed by atoms with Gasteiger partial charge in [0.15, 0.2) is 5.82 Å². The van der Waals surface area contributed by atoms with Crippen LogP contribution in [0.25, 0.3) is 11.5 Å². The zero-order chi connectivity index (χ0) is 14.1. The van der Waals surface area contributed by atoms with E-state index in [1.54, 1.807) is 0 Å². The van der Waals surface area contributed by atoms with Crippen LogP contribution in [0.15, 0.2) is 22.7 Å². The van der Waals surface area contributed by atoms with Crippen LogP contribution in [0, 0.1) is 0 Å². The van der Waals surface area contributed by atoms with Crippen molar-refractivity contribution < 1.29 is 9.26 Å². The molecule has 3 heterocycles. The van der Waals surface area contributed by atoms with E-state index in [2.05, 4.69) is 21.5 Å². The lowest BCUT2D eigenvalue weighted by molar-refractivity contribution is 0.357. The van der Waals surface area contributed by atoms with Gasteiger partial charge >= 0.3 is 0 Å². The van der Waals surface area contributed by atoms with Crippen molar-refractivity contribution in [3.05, 3.63) is 29.6 Å². The highest BCUT2D eigenvalue weighted by atomic mass is 16.5. The van der Waals surface area contributed by atoms with E-state index in [0.717, 1.165) is 43.1 Å². The quantitative estimate of drug-likeness (QED) is 0.919. The Labute approximate surface area is 123 Å². The average Bonchev–Trinajstić information content (AvgIpc) is 3.10. The second-order valence-electron chi connectivity index (χ2n) is 5.73. The van der Waals surface area contributed by atoms with Crippen LogP contribution in [-0.2, 0) is 6.42 Å². The summed E-state index contributed by atoms with van der Waals surface area (Å²) in [5.41, 5.74) is 2.20. The second-order valence-corrected chi connectivity index (χ2v) is 5.73. The summed E-state index contributed by atoms with van der Waals surface area (Å²) in [6.45, 7) is 1.80. The smallest absolute Gasteiger partial charge is 0.257 e. The molecule has 0 bridgehead atoms. The van der Waals surface area contributed by atoms with Crippen molar-refractivity contribution in [3.8, 4) is 17.2 Å². The first-order chi connectivity index (χ1) is 10.4. The van der Waals surface area contributed by atoms with Gasteiger partial charge in [0.05, 0.1) is 12.6 Å². The molecule has 1 aromatic heterocycles. The molecule has 1 unspecified atom stereocenters. The number of aromatic nitrogens is 2. The monoisotopic (exact) mass is 285 g/mol. The van der Waals surface area contributed by atoms with Gasteiger partial charge < -0.3 is 14.6 Å². The van der Waals surface area contributed by atoms with Crippen LogP contribution in [0.1, 0.15) is 43.1 Å². The molecule has 0 radical (unpaired) electrons. The third kappa shape index (κ3) is 2.53. The Kier molecular flexibility index (Phi) is 3.35. The third-order valence-electron chi connectivity index (χ3n) is 4.25. The topological polar surface area (TPSA) is 60.2 Å². The summed E-state index contributed by atoms with van der Waals surface area (Å²) < 4.78 is 11.0. The molecule has 5 heteroatoms. The van der Waals surface area contributed by atoms with Crippen LogP contribution in [-0.4, -0.2) is 23.3 Å². The maximum atomic E-state index is 5.53. The molecule has 0 amide bonds. The number of nitrogens with one attached hydrogen (secondary N) is 1. The number of fused-ring (bicyclic) bond motifs is 1. The molecule has 1 aromatic carbocycles. The SMILES string of the molecule is c1cc2c(cc1-c1nc(C3CCCCCN3)no1)CCO2. The minimum absolute atomic E-state index is 0.225. The highest BCUT2D eigenvalue weighted by Gasteiger charge is 2.21. The van der Waals surface area contributed by atoms with Crippen molar-refractivity contribution in [1.82, 2.24) is 15.5 Å². The van der Waals surface area contributed by atoms with Gasteiger partial charge in [0.2, 0.25) is 0 Å². The Hall–Kier alpha value is -1.88. The minimum atomic E-state index is 0.225. The van der Waals surface area contributed by atoms with Gasteiger partial charge in [-0.3, -0.25) is 0 Å². The van der Waals surface area contributed by atoms with Crippen LogP contribution in [0.2, 0.25) is 0 Å². The second kappa shape index (κ2) is 5.48. The molecule has 0 aliphatic carbocycles. The highest BCUT2D eigenvalue weighted by Crippen LogP contribution is 2.30. The molecule has 2 aliphatic heterocycles.